The Balaban J connectivity index is 1.95. The predicted octanol–water partition coefficient (Wildman–Crippen LogP) is 0.764. The number of nitrogen functional groups attached to an aromatic ring is 1. The molecule has 1 aliphatic rings. The van der Waals surface area contributed by atoms with Gasteiger partial charge < -0.3 is 27.3 Å². The molecule has 2 atom stereocenters. The molecule has 1 saturated carbocycles. The van der Waals surface area contributed by atoms with Gasteiger partial charge in [-0.2, -0.15) is 10.4 Å². The van der Waals surface area contributed by atoms with Crippen molar-refractivity contribution >= 4 is 28.8 Å². The van der Waals surface area contributed by atoms with E-state index in [-0.39, 0.29) is 30.2 Å². The summed E-state index contributed by atoms with van der Waals surface area (Å²) >= 11 is 0. The summed E-state index contributed by atoms with van der Waals surface area (Å²) in [5, 5.41) is 31.5. The Labute approximate surface area is 155 Å². The van der Waals surface area contributed by atoms with Crippen molar-refractivity contribution in [1.29, 1.82) is 5.26 Å². The molecule has 2 unspecified atom stereocenters. The Morgan fingerprint density at radius 2 is 2.15 bits per heavy atom. The van der Waals surface area contributed by atoms with Crippen molar-refractivity contribution in [1.82, 2.24) is 14.9 Å². The van der Waals surface area contributed by atoms with Crippen LogP contribution in [0.5, 0.6) is 0 Å². The molecule has 7 N–H and O–H groups in total. The van der Waals surface area contributed by atoms with Crippen molar-refractivity contribution in [3.8, 4) is 6.07 Å². The van der Waals surface area contributed by atoms with E-state index in [0.29, 0.717) is 22.6 Å². The van der Waals surface area contributed by atoms with Crippen molar-refractivity contribution < 1.29 is 10.0 Å². The number of hydrogen-bond acceptors (Lipinski definition) is 7. The quantitative estimate of drug-likeness (QED) is 0.224. The van der Waals surface area contributed by atoms with E-state index in [2.05, 4.69) is 20.9 Å². The largest absolute Gasteiger partial charge is 0.409 e. The molecule has 142 valence electrons. The van der Waals surface area contributed by atoms with Gasteiger partial charge in [0.05, 0.1) is 29.0 Å². The molecular formula is C17H22N8O2. The van der Waals surface area contributed by atoms with Crippen LogP contribution in [0.25, 0.3) is 5.52 Å². The summed E-state index contributed by atoms with van der Waals surface area (Å²) in [7, 11) is 0. The topological polar surface area (TPSA) is 167 Å². The highest BCUT2D eigenvalue weighted by atomic mass is 16.4. The summed E-state index contributed by atoms with van der Waals surface area (Å²) in [6.45, 7) is 0. The van der Waals surface area contributed by atoms with Crippen LogP contribution < -0.4 is 22.1 Å². The maximum absolute atomic E-state index is 11.9. The van der Waals surface area contributed by atoms with Crippen LogP contribution in [0.1, 0.15) is 37.7 Å². The van der Waals surface area contributed by atoms with Gasteiger partial charge in [-0.25, -0.2) is 4.52 Å². The molecule has 27 heavy (non-hydrogen) atoms. The third-order valence-corrected chi connectivity index (χ3v) is 4.78. The van der Waals surface area contributed by atoms with Gasteiger partial charge in [-0.15, -0.1) is 0 Å². The molecule has 0 aromatic carbocycles. The van der Waals surface area contributed by atoms with Crippen LogP contribution in [0.15, 0.2) is 23.5 Å². The monoisotopic (exact) mass is 370 g/mol. The normalized spacial score (nSPS) is 20.2. The van der Waals surface area contributed by atoms with Gasteiger partial charge in [-0.1, -0.05) is 18.0 Å². The van der Waals surface area contributed by atoms with E-state index in [9.17, 15) is 4.79 Å². The van der Waals surface area contributed by atoms with Gasteiger partial charge in [0.15, 0.2) is 5.84 Å². The zero-order valence-electron chi connectivity index (χ0n) is 14.7. The Morgan fingerprint density at radius 3 is 2.85 bits per heavy atom. The number of aromatic nitrogens is 2. The lowest BCUT2D eigenvalue weighted by Crippen LogP contribution is -2.48. The first-order chi connectivity index (χ1) is 13.0. The Kier molecular flexibility index (Phi) is 5.30. The molecule has 1 amide bonds. The van der Waals surface area contributed by atoms with Crippen molar-refractivity contribution in [2.75, 3.05) is 11.1 Å². The van der Waals surface area contributed by atoms with Gasteiger partial charge in [-0.3, -0.25) is 4.79 Å². The minimum atomic E-state index is -0.292. The van der Waals surface area contributed by atoms with Crippen molar-refractivity contribution in [3.63, 3.8) is 0 Å². The third kappa shape index (κ3) is 3.72. The molecule has 2 heterocycles. The van der Waals surface area contributed by atoms with Gasteiger partial charge in [0.1, 0.15) is 12.2 Å². The molecule has 2 aromatic heterocycles. The lowest BCUT2D eigenvalue weighted by atomic mass is 9.89. The number of nitrogens with two attached hydrogens (primary N) is 2. The summed E-state index contributed by atoms with van der Waals surface area (Å²) in [6, 6.07) is 5.18. The van der Waals surface area contributed by atoms with Crippen molar-refractivity contribution in [2.45, 2.75) is 44.2 Å². The van der Waals surface area contributed by atoms with E-state index in [1.807, 2.05) is 6.07 Å². The second-order valence-corrected chi connectivity index (χ2v) is 6.52. The first-order valence-electron chi connectivity index (χ1n) is 8.72. The lowest BCUT2D eigenvalue weighted by Gasteiger charge is -2.34. The van der Waals surface area contributed by atoms with Gasteiger partial charge in [0, 0.05) is 12.1 Å². The van der Waals surface area contributed by atoms with Gasteiger partial charge >= 0.3 is 0 Å². The molecule has 0 spiro atoms. The minimum absolute atomic E-state index is 0.0750. The lowest BCUT2D eigenvalue weighted by molar-refractivity contribution is -0.121. The number of nitrogens with one attached hydrogen (secondary N) is 2. The van der Waals surface area contributed by atoms with Crippen LogP contribution in [0.4, 0.5) is 11.5 Å². The summed E-state index contributed by atoms with van der Waals surface area (Å²) < 4.78 is 1.56. The highest BCUT2D eigenvalue weighted by molar-refractivity contribution is 6.05. The fourth-order valence-corrected chi connectivity index (χ4v) is 3.47. The molecular weight excluding hydrogens is 348 g/mol. The van der Waals surface area contributed by atoms with E-state index in [1.54, 1.807) is 16.6 Å². The number of oxime groups is 1. The number of nitriles is 1. The number of hydrogen-bond donors (Lipinski definition) is 5. The summed E-state index contributed by atoms with van der Waals surface area (Å²) in [6.07, 6.45) is 4.94. The number of fused-ring (bicyclic) bond motifs is 1. The number of carbonyl (C=O) groups excluding carboxylic acids is 1. The number of amidine groups is 1. The van der Waals surface area contributed by atoms with Gasteiger partial charge in [0.2, 0.25) is 5.91 Å². The number of rotatable bonds is 5. The van der Waals surface area contributed by atoms with Gasteiger partial charge in [0.25, 0.3) is 0 Å². The number of amides is 1. The molecule has 10 nitrogen and oxygen atoms in total. The Hall–Kier alpha value is -3.48. The van der Waals surface area contributed by atoms with E-state index in [0.717, 1.165) is 25.7 Å². The molecule has 10 heteroatoms. The summed E-state index contributed by atoms with van der Waals surface area (Å²) in [4.78, 5) is 11.9. The Bertz CT molecular complexity index is 914. The maximum Gasteiger partial charge on any atom is 0.234 e. The molecule has 1 fully saturated rings. The molecule has 0 aliphatic heterocycles. The highest BCUT2D eigenvalue weighted by Gasteiger charge is 2.28. The van der Waals surface area contributed by atoms with Crippen LogP contribution in [0, 0.1) is 11.3 Å². The average Bonchev–Trinajstić information content (AvgIpc) is 3.04. The van der Waals surface area contributed by atoms with E-state index in [1.165, 1.54) is 6.20 Å². The number of carbonyl (C=O) groups is 1. The van der Waals surface area contributed by atoms with Crippen LogP contribution in [0.3, 0.4) is 0 Å². The third-order valence-electron chi connectivity index (χ3n) is 4.78. The van der Waals surface area contributed by atoms with Crippen LogP contribution in [-0.2, 0) is 4.79 Å². The molecule has 0 bridgehead atoms. The van der Waals surface area contributed by atoms with E-state index in [4.69, 9.17) is 21.9 Å². The predicted molar refractivity (Wildman–Crippen MR) is 100 cm³/mol. The average molecular weight is 370 g/mol. The zero-order chi connectivity index (χ0) is 19.4. The molecule has 3 rings (SSSR count). The second-order valence-electron chi connectivity index (χ2n) is 6.52. The maximum atomic E-state index is 11.9. The smallest absolute Gasteiger partial charge is 0.234 e. The van der Waals surface area contributed by atoms with E-state index >= 15 is 0 Å². The summed E-state index contributed by atoms with van der Waals surface area (Å²) in [5.41, 5.74) is 13.5. The molecule has 0 radical (unpaired) electrons. The van der Waals surface area contributed by atoms with Gasteiger partial charge in [-0.05, 0) is 25.0 Å². The fraction of sp³-hybridized carbons (Fsp3) is 0.412. The molecule has 0 saturated heterocycles. The molecule has 1 aliphatic carbocycles. The first kappa shape index (κ1) is 18.3. The van der Waals surface area contributed by atoms with Crippen LogP contribution in [-0.4, -0.2) is 38.6 Å². The highest BCUT2D eigenvalue weighted by Crippen LogP contribution is 2.29. The molecule has 2 aromatic rings. The fourth-order valence-electron chi connectivity index (χ4n) is 3.47. The standard InChI is InChI=1S/C17H22N8O2/c18-8-7-15(26)22-11-3-1-2-4-12(11)23-16-10(17(20)24-27)9-21-25-13(16)5-6-14(25)19/h5-6,9,11-12,23,27H,1-4,7,19H2,(H2,20,24)(H,22,26). The van der Waals surface area contributed by atoms with Crippen LogP contribution >= 0.6 is 0 Å². The minimum Gasteiger partial charge on any atom is -0.409 e. The van der Waals surface area contributed by atoms with Crippen molar-refractivity contribution in [3.05, 3.63) is 23.9 Å². The first-order valence-corrected chi connectivity index (χ1v) is 8.72. The van der Waals surface area contributed by atoms with E-state index < -0.39 is 0 Å². The number of nitrogens with zero attached hydrogens (tertiary/aromatic N) is 4. The Morgan fingerprint density at radius 1 is 1.41 bits per heavy atom. The summed E-state index contributed by atoms with van der Waals surface area (Å²) in [5.74, 6) is 0.0921. The number of anilines is 2. The second kappa shape index (κ2) is 7.82. The van der Waals surface area contributed by atoms with Crippen LogP contribution in [0.2, 0.25) is 0 Å². The SMILES string of the molecule is N#CCC(=O)NC1CCCCC1Nc1c(C(N)=NO)cnn2c(N)ccc12. The van der Waals surface area contributed by atoms with Crippen molar-refractivity contribution in [2.24, 2.45) is 10.9 Å². The zero-order valence-corrected chi connectivity index (χ0v) is 14.7.